The van der Waals surface area contributed by atoms with Crippen LogP contribution in [-0.4, -0.2) is 10.9 Å². The van der Waals surface area contributed by atoms with Gasteiger partial charge in [0.05, 0.1) is 11.1 Å². The number of carbonyl (C=O) groups is 1. The maximum absolute atomic E-state index is 14.4. The van der Waals surface area contributed by atoms with Crippen LogP contribution in [0.4, 0.5) is 22.0 Å². The molecule has 0 bridgehead atoms. The average Bonchev–Trinajstić information content (AvgIpc) is 3.04. The topological polar surface area (TPSA) is 58.9 Å². The number of halogens is 6. The molecule has 0 radical (unpaired) electrons. The number of amides is 1. The number of nitrogens with two attached hydrogens (primary N) is 1. The average molecular weight is 403 g/mol. The summed E-state index contributed by atoms with van der Waals surface area (Å²) in [5.74, 6) is -2.62. The zero-order valence-corrected chi connectivity index (χ0v) is 14.2. The molecule has 9 heteroatoms. The number of carbonyl (C=O) groups excluding carboxylic acids is 1. The molecular weight excluding hydrogens is 391 g/mol. The minimum Gasteiger partial charge on any atom is -0.364 e. The number of rotatable bonds is 3. The van der Waals surface area contributed by atoms with Crippen LogP contribution >= 0.6 is 12.4 Å². The zero-order chi connectivity index (χ0) is 19.1. The molecule has 0 fully saturated rings. The fraction of sp³-hybridized carbons (Fsp3) is 0.0556. The van der Waals surface area contributed by atoms with E-state index in [1.807, 2.05) is 0 Å². The van der Waals surface area contributed by atoms with Gasteiger partial charge in [-0.1, -0.05) is 12.1 Å². The molecule has 0 saturated carbocycles. The Hall–Kier alpha value is -2.87. The van der Waals surface area contributed by atoms with Gasteiger partial charge in [0, 0.05) is 11.3 Å². The molecule has 0 aliphatic heterocycles. The van der Waals surface area contributed by atoms with Crippen molar-refractivity contribution < 1.29 is 26.7 Å². The Labute approximate surface area is 156 Å². The second-order valence-electron chi connectivity index (χ2n) is 5.54. The van der Waals surface area contributed by atoms with Crippen molar-refractivity contribution in [3.63, 3.8) is 0 Å². The third kappa shape index (κ3) is 4.11. The van der Waals surface area contributed by atoms with Crippen LogP contribution < -0.4 is 5.73 Å². The molecule has 27 heavy (non-hydrogen) atoms. The van der Waals surface area contributed by atoms with Crippen LogP contribution in [0.1, 0.15) is 16.1 Å². The van der Waals surface area contributed by atoms with Crippen LogP contribution in [0.15, 0.2) is 48.5 Å². The normalized spacial score (nSPS) is 11.1. The molecule has 1 aromatic heterocycles. The van der Waals surface area contributed by atoms with Crippen LogP contribution in [-0.2, 0) is 6.18 Å². The first kappa shape index (κ1) is 20.4. The van der Waals surface area contributed by atoms with Crippen molar-refractivity contribution in [1.29, 1.82) is 0 Å². The van der Waals surface area contributed by atoms with Crippen LogP contribution in [0.3, 0.4) is 0 Å². The van der Waals surface area contributed by atoms with Gasteiger partial charge in [0.25, 0.3) is 5.91 Å². The lowest BCUT2D eigenvalue weighted by Crippen LogP contribution is -2.10. The van der Waals surface area contributed by atoms with Crippen LogP contribution in [0.25, 0.3) is 22.4 Å². The molecule has 0 spiro atoms. The summed E-state index contributed by atoms with van der Waals surface area (Å²) in [6.45, 7) is 0. The van der Waals surface area contributed by atoms with Gasteiger partial charge in [0.1, 0.15) is 17.3 Å². The number of aromatic nitrogens is 1. The quantitative estimate of drug-likeness (QED) is 0.584. The van der Waals surface area contributed by atoms with Gasteiger partial charge in [0.15, 0.2) is 0 Å². The first-order valence-corrected chi connectivity index (χ1v) is 7.32. The summed E-state index contributed by atoms with van der Waals surface area (Å²) >= 11 is 0. The second-order valence-corrected chi connectivity index (χ2v) is 5.54. The molecule has 142 valence electrons. The van der Waals surface area contributed by atoms with Crippen LogP contribution in [0, 0.1) is 11.6 Å². The fourth-order valence-electron chi connectivity index (χ4n) is 2.54. The molecule has 1 heterocycles. The Balaban J connectivity index is 0.00000261. The summed E-state index contributed by atoms with van der Waals surface area (Å²) in [4.78, 5) is 13.7. The lowest BCUT2D eigenvalue weighted by molar-refractivity contribution is -0.137. The third-order valence-corrected chi connectivity index (χ3v) is 3.81. The van der Waals surface area contributed by atoms with Crippen molar-refractivity contribution in [2.45, 2.75) is 6.18 Å². The molecule has 0 aliphatic carbocycles. The van der Waals surface area contributed by atoms with Crippen molar-refractivity contribution in [1.82, 2.24) is 4.98 Å². The summed E-state index contributed by atoms with van der Waals surface area (Å²) in [6, 6.07) is 8.37. The van der Waals surface area contributed by atoms with Gasteiger partial charge < -0.3 is 10.7 Å². The zero-order valence-electron chi connectivity index (χ0n) is 13.4. The van der Waals surface area contributed by atoms with Crippen LogP contribution in [0.2, 0.25) is 0 Å². The molecule has 3 N–H and O–H groups in total. The summed E-state index contributed by atoms with van der Waals surface area (Å²) in [6.07, 6.45) is -4.54. The van der Waals surface area contributed by atoms with Gasteiger partial charge in [0.2, 0.25) is 0 Å². The standard InChI is InChI=1S/C18H11F5N2O.ClH/c19-12-7-10(14-5-6-15(25-14)17(24)26)8-13(20)16(12)9-1-3-11(4-2-9)18(21,22)23;/h1-8,25H,(H2,24,26);1H. The van der Waals surface area contributed by atoms with Gasteiger partial charge in [-0.15, -0.1) is 12.4 Å². The Morgan fingerprint density at radius 3 is 1.89 bits per heavy atom. The smallest absolute Gasteiger partial charge is 0.364 e. The predicted molar refractivity (Wildman–Crippen MR) is 92.3 cm³/mol. The van der Waals surface area contributed by atoms with Gasteiger partial charge >= 0.3 is 6.18 Å². The van der Waals surface area contributed by atoms with E-state index in [2.05, 4.69) is 4.98 Å². The maximum atomic E-state index is 14.4. The highest BCUT2D eigenvalue weighted by Crippen LogP contribution is 2.34. The van der Waals surface area contributed by atoms with Crippen LogP contribution in [0.5, 0.6) is 0 Å². The van der Waals surface area contributed by atoms with E-state index in [9.17, 15) is 26.7 Å². The molecule has 1 amide bonds. The van der Waals surface area contributed by atoms with Crippen molar-refractivity contribution in [3.8, 4) is 22.4 Å². The Kier molecular flexibility index (Phi) is 5.60. The molecule has 0 atom stereocenters. The van der Waals surface area contributed by atoms with E-state index < -0.39 is 34.8 Å². The number of hydrogen-bond donors (Lipinski definition) is 2. The van der Waals surface area contributed by atoms with E-state index >= 15 is 0 Å². The van der Waals surface area contributed by atoms with E-state index in [0.717, 1.165) is 36.4 Å². The van der Waals surface area contributed by atoms with E-state index in [4.69, 9.17) is 5.73 Å². The molecule has 2 aromatic carbocycles. The maximum Gasteiger partial charge on any atom is 0.416 e. The Morgan fingerprint density at radius 2 is 1.44 bits per heavy atom. The van der Waals surface area contributed by atoms with Crippen molar-refractivity contribution in [3.05, 3.63) is 71.4 Å². The van der Waals surface area contributed by atoms with Crippen molar-refractivity contribution >= 4 is 18.3 Å². The highest BCUT2D eigenvalue weighted by atomic mass is 35.5. The van der Waals surface area contributed by atoms with E-state index in [1.54, 1.807) is 0 Å². The number of primary amides is 1. The first-order chi connectivity index (χ1) is 12.2. The van der Waals surface area contributed by atoms with Crippen molar-refractivity contribution in [2.75, 3.05) is 0 Å². The number of hydrogen-bond acceptors (Lipinski definition) is 1. The highest BCUT2D eigenvalue weighted by molar-refractivity contribution is 5.92. The molecule has 0 saturated heterocycles. The largest absolute Gasteiger partial charge is 0.416 e. The monoisotopic (exact) mass is 402 g/mol. The van der Waals surface area contributed by atoms with Crippen molar-refractivity contribution in [2.24, 2.45) is 5.73 Å². The van der Waals surface area contributed by atoms with E-state index in [0.29, 0.717) is 0 Å². The lowest BCUT2D eigenvalue weighted by atomic mass is 10.00. The van der Waals surface area contributed by atoms with Gasteiger partial charge in [-0.05, 0) is 42.0 Å². The summed E-state index contributed by atoms with van der Waals surface area (Å²) in [7, 11) is 0. The van der Waals surface area contributed by atoms with Gasteiger partial charge in [-0.25, -0.2) is 8.78 Å². The number of alkyl halides is 3. The number of nitrogens with one attached hydrogen (secondary N) is 1. The highest BCUT2D eigenvalue weighted by Gasteiger charge is 2.30. The molecule has 3 nitrogen and oxygen atoms in total. The van der Waals surface area contributed by atoms with E-state index in [1.165, 1.54) is 12.1 Å². The number of benzene rings is 2. The SMILES string of the molecule is Cl.NC(=O)c1ccc(-c2cc(F)c(-c3ccc(C(F)(F)F)cc3)c(F)c2)[nH]1. The van der Waals surface area contributed by atoms with E-state index in [-0.39, 0.29) is 34.9 Å². The van der Waals surface area contributed by atoms with Gasteiger partial charge in [-0.2, -0.15) is 13.2 Å². The Morgan fingerprint density at radius 1 is 0.889 bits per heavy atom. The minimum atomic E-state index is -4.54. The molecule has 3 rings (SSSR count). The summed E-state index contributed by atoms with van der Waals surface area (Å²) in [5.41, 5.74) is 4.21. The first-order valence-electron chi connectivity index (χ1n) is 7.32. The molecule has 0 aliphatic rings. The fourth-order valence-corrected chi connectivity index (χ4v) is 2.54. The second kappa shape index (κ2) is 7.40. The lowest BCUT2D eigenvalue weighted by Gasteiger charge is -2.10. The predicted octanol–water partition coefficient (Wildman–Crippen LogP) is 5.17. The minimum absolute atomic E-state index is 0. The number of H-pyrrole nitrogens is 1. The molecular formula is C18H12ClF5N2O. The third-order valence-electron chi connectivity index (χ3n) is 3.81. The van der Waals surface area contributed by atoms with Gasteiger partial charge in [-0.3, -0.25) is 4.79 Å². The Bertz CT molecular complexity index is 957. The summed E-state index contributed by atoms with van der Waals surface area (Å²) < 4.78 is 66.6. The molecule has 3 aromatic rings. The number of aromatic amines is 1. The molecule has 0 unspecified atom stereocenters. The summed E-state index contributed by atoms with van der Waals surface area (Å²) in [5, 5.41) is 0.